The van der Waals surface area contributed by atoms with Crippen LogP contribution in [0, 0.1) is 0 Å². The van der Waals surface area contributed by atoms with Crippen molar-refractivity contribution >= 4 is 13.3 Å². The minimum absolute atomic E-state index is 0.467. The molecule has 1 unspecified atom stereocenters. The summed E-state index contributed by atoms with van der Waals surface area (Å²) in [4.78, 5) is 0. The van der Waals surface area contributed by atoms with E-state index in [0.29, 0.717) is 6.61 Å². The van der Waals surface area contributed by atoms with Gasteiger partial charge in [-0.15, -0.1) is 4.52 Å². The Kier molecular flexibility index (Phi) is 4.63. The van der Waals surface area contributed by atoms with Crippen molar-refractivity contribution in [3.63, 3.8) is 0 Å². The molecular formula is C15H16O2P+. The van der Waals surface area contributed by atoms with Gasteiger partial charge in [0.1, 0.15) is 6.61 Å². The van der Waals surface area contributed by atoms with Crippen molar-refractivity contribution in [2.75, 3.05) is 6.61 Å². The second kappa shape index (κ2) is 6.44. The summed E-state index contributed by atoms with van der Waals surface area (Å²) < 4.78 is 17.2. The molecule has 2 aromatic rings. The third-order valence-corrected chi connectivity index (χ3v) is 3.99. The molecule has 0 radical (unpaired) electrons. The molecule has 2 rings (SSSR count). The van der Waals surface area contributed by atoms with Crippen LogP contribution in [0.3, 0.4) is 0 Å². The van der Waals surface area contributed by atoms with Gasteiger partial charge in [-0.05, 0) is 23.1 Å². The lowest BCUT2D eigenvalue weighted by atomic mass is 10.1. The average molecular weight is 259 g/mol. The van der Waals surface area contributed by atoms with Crippen molar-refractivity contribution in [3.05, 3.63) is 65.7 Å². The van der Waals surface area contributed by atoms with E-state index >= 15 is 0 Å². The van der Waals surface area contributed by atoms with Crippen LogP contribution >= 0.6 is 8.03 Å². The average Bonchev–Trinajstić information content (AvgIpc) is 2.41. The molecule has 0 amide bonds. The van der Waals surface area contributed by atoms with Gasteiger partial charge in [0.25, 0.3) is 0 Å². The lowest BCUT2D eigenvalue weighted by molar-refractivity contribution is 0.357. The van der Waals surface area contributed by atoms with Crippen molar-refractivity contribution < 1.29 is 9.09 Å². The number of benzene rings is 2. The highest BCUT2D eigenvalue weighted by atomic mass is 31.1. The molecule has 3 heteroatoms. The Morgan fingerprint density at radius 1 is 1.00 bits per heavy atom. The minimum Gasteiger partial charge on any atom is -0.142 e. The van der Waals surface area contributed by atoms with Gasteiger partial charge in [-0.3, -0.25) is 0 Å². The maximum absolute atomic E-state index is 12.0. The SMILES string of the molecule is CCO[P+](=O)c1ccccc1Cc1ccccc1. The van der Waals surface area contributed by atoms with Crippen LogP contribution in [0.2, 0.25) is 0 Å². The quantitative estimate of drug-likeness (QED) is 0.765. The normalized spacial score (nSPS) is 11.3. The number of hydrogen-bond acceptors (Lipinski definition) is 2. The molecule has 0 saturated heterocycles. The van der Waals surface area contributed by atoms with Crippen LogP contribution in [0.25, 0.3) is 0 Å². The fraction of sp³-hybridized carbons (Fsp3) is 0.200. The highest BCUT2D eigenvalue weighted by Crippen LogP contribution is 2.24. The Hall–Kier alpha value is -1.50. The molecule has 0 aliphatic rings. The lowest BCUT2D eigenvalue weighted by Gasteiger charge is -2.01. The van der Waals surface area contributed by atoms with Crippen molar-refractivity contribution in [3.8, 4) is 0 Å². The summed E-state index contributed by atoms with van der Waals surface area (Å²) in [6.45, 7) is 2.32. The van der Waals surface area contributed by atoms with E-state index in [1.165, 1.54) is 5.56 Å². The topological polar surface area (TPSA) is 26.3 Å². The zero-order chi connectivity index (χ0) is 12.8. The van der Waals surface area contributed by atoms with Gasteiger partial charge >= 0.3 is 8.03 Å². The molecule has 0 bridgehead atoms. The van der Waals surface area contributed by atoms with Crippen LogP contribution in [0.4, 0.5) is 0 Å². The van der Waals surface area contributed by atoms with Gasteiger partial charge in [-0.25, -0.2) is 0 Å². The summed E-state index contributed by atoms with van der Waals surface area (Å²) in [5.41, 5.74) is 2.28. The molecule has 0 spiro atoms. The van der Waals surface area contributed by atoms with Crippen LogP contribution in [-0.4, -0.2) is 6.61 Å². The van der Waals surface area contributed by atoms with E-state index in [-0.39, 0.29) is 0 Å². The monoisotopic (exact) mass is 259 g/mol. The first-order valence-corrected chi connectivity index (χ1v) is 7.21. The lowest BCUT2D eigenvalue weighted by Crippen LogP contribution is -2.07. The van der Waals surface area contributed by atoms with Crippen molar-refractivity contribution in [2.24, 2.45) is 0 Å². The number of rotatable bonds is 5. The molecule has 1 atom stereocenters. The van der Waals surface area contributed by atoms with E-state index < -0.39 is 8.03 Å². The van der Waals surface area contributed by atoms with Gasteiger partial charge in [0.2, 0.25) is 5.30 Å². The molecule has 0 aromatic heterocycles. The smallest absolute Gasteiger partial charge is 0.142 e. The van der Waals surface area contributed by atoms with Crippen LogP contribution < -0.4 is 5.30 Å². The summed E-state index contributed by atoms with van der Waals surface area (Å²) in [6.07, 6.45) is 0.783. The minimum atomic E-state index is -1.74. The largest absolute Gasteiger partial charge is 0.548 e. The molecule has 92 valence electrons. The zero-order valence-electron chi connectivity index (χ0n) is 10.4. The van der Waals surface area contributed by atoms with Crippen LogP contribution in [0.15, 0.2) is 54.6 Å². The Morgan fingerprint density at radius 3 is 2.39 bits per heavy atom. The van der Waals surface area contributed by atoms with Crippen molar-refractivity contribution in [1.29, 1.82) is 0 Å². The Labute approximate surface area is 108 Å². The fourth-order valence-electron chi connectivity index (χ4n) is 1.84. The summed E-state index contributed by atoms with van der Waals surface area (Å²) >= 11 is 0. The predicted molar refractivity (Wildman–Crippen MR) is 74.6 cm³/mol. The Balaban J connectivity index is 2.25. The Morgan fingerprint density at radius 2 is 1.67 bits per heavy atom. The van der Waals surface area contributed by atoms with E-state index in [0.717, 1.165) is 17.3 Å². The predicted octanol–water partition coefficient (Wildman–Crippen LogP) is 3.68. The summed E-state index contributed by atoms with van der Waals surface area (Å²) in [5.74, 6) is 0. The summed E-state index contributed by atoms with van der Waals surface area (Å²) in [7, 11) is -1.74. The molecule has 0 N–H and O–H groups in total. The Bertz CT molecular complexity index is 523. The molecule has 0 heterocycles. The second-order valence-corrected chi connectivity index (χ2v) is 5.22. The zero-order valence-corrected chi connectivity index (χ0v) is 11.3. The van der Waals surface area contributed by atoms with E-state index in [2.05, 4.69) is 12.1 Å². The third-order valence-electron chi connectivity index (χ3n) is 2.67. The molecule has 18 heavy (non-hydrogen) atoms. The van der Waals surface area contributed by atoms with Crippen molar-refractivity contribution in [1.82, 2.24) is 0 Å². The summed E-state index contributed by atoms with van der Waals surface area (Å²) in [5, 5.41) is 0.804. The van der Waals surface area contributed by atoms with Gasteiger partial charge in [0.05, 0.1) is 0 Å². The molecule has 0 aliphatic heterocycles. The van der Waals surface area contributed by atoms with Gasteiger partial charge in [0, 0.05) is 12.0 Å². The van der Waals surface area contributed by atoms with Gasteiger partial charge < -0.3 is 0 Å². The third kappa shape index (κ3) is 3.25. The molecule has 0 aliphatic carbocycles. The highest BCUT2D eigenvalue weighted by molar-refractivity contribution is 7.48. The van der Waals surface area contributed by atoms with Gasteiger partial charge in [-0.2, -0.15) is 0 Å². The first-order valence-electron chi connectivity index (χ1n) is 6.03. The maximum atomic E-state index is 12.0. The maximum Gasteiger partial charge on any atom is 0.548 e. The van der Waals surface area contributed by atoms with Crippen LogP contribution in [0.1, 0.15) is 18.1 Å². The van der Waals surface area contributed by atoms with Gasteiger partial charge in [-0.1, -0.05) is 48.5 Å². The van der Waals surface area contributed by atoms with Crippen LogP contribution in [0.5, 0.6) is 0 Å². The molecule has 2 aromatic carbocycles. The van der Waals surface area contributed by atoms with E-state index in [4.69, 9.17) is 4.52 Å². The molecule has 0 saturated carbocycles. The van der Waals surface area contributed by atoms with Gasteiger partial charge in [0.15, 0.2) is 0 Å². The van der Waals surface area contributed by atoms with E-state index in [1.807, 2.05) is 49.4 Å². The number of hydrogen-bond donors (Lipinski definition) is 0. The van der Waals surface area contributed by atoms with Crippen molar-refractivity contribution in [2.45, 2.75) is 13.3 Å². The standard InChI is InChI=1S/C15H16O2P/c1-2-17-18(16)15-11-7-6-10-14(15)12-13-8-4-3-5-9-13/h3-11H,2,12H2,1H3/q+1. The first-order chi connectivity index (χ1) is 8.81. The first kappa shape index (κ1) is 12.9. The molecular weight excluding hydrogens is 243 g/mol. The van der Waals surface area contributed by atoms with Crippen LogP contribution in [-0.2, 0) is 15.5 Å². The molecule has 0 fully saturated rings. The summed E-state index contributed by atoms with van der Waals surface area (Å²) in [6, 6.07) is 17.9. The van der Waals surface area contributed by atoms with E-state index in [1.54, 1.807) is 0 Å². The fourth-order valence-corrected chi connectivity index (χ4v) is 2.81. The molecule has 2 nitrogen and oxygen atoms in total. The van der Waals surface area contributed by atoms with E-state index in [9.17, 15) is 4.57 Å². The highest BCUT2D eigenvalue weighted by Gasteiger charge is 2.24. The second-order valence-electron chi connectivity index (χ2n) is 3.97.